The molecule has 41 heavy (non-hydrogen) atoms. The molecule has 0 radical (unpaired) electrons. The quantitative estimate of drug-likeness (QED) is 0.252. The minimum atomic E-state index is -0.762. The lowest BCUT2D eigenvalue weighted by molar-refractivity contribution is -0.141. The van der Waals surface area contributed by atoms with Crippen molar-refractivity contribution < 1.29 is 19.1 Å². The van der Waals surface area contributed by atoms with Crippen molar-refractivity contribution in [3.8, 4) is 5.75 Å². The van der Waals surface area contributed by atoms with Crippen molar-refractivity contribution in [2.75, 3.05) is 13.6 Å². The van der Waals surface area contributed by atoms with Crippen molar-refractivity contribution >= 4 is 29.2 Å². The second kappa shape index (κ2) is 17.1. The van der Waals surface area contributed by atoms with Crippen molar-refractivity contribution in [2.45, 2.75) is 97.9 Å². The number of ether oxygens (including phenoxy) is 1. The molecular weight excluding hydrogens is 538 g/mol. The molecule has 226 valence electrons. The normalized spacial score (nSPS) is 14.8. The van der Waals surface area contributed by atoms with Gasteiger partial charge in [-0.05, 0) is 75.3 Å². The maximum Gasteiger partial charge on any atom is 0.243 e. The fraction of sp³-hybridized carbons (Fsp3) is 0.545. The monoisotopic (exact) mass is 585 g/mol. The number of hydrogen-bond donors (Lipinski definition) is 2. The van der Waals surface area contributed by atoms with Gasteiger partial charge in [-0.15, -0.1) is 0 Å². The van der Waals surface area contributed by atoms with Gasteiger partial charge in [0.15, 0.2) is 5.78 Å². The molecule has 0 saturated carbocycles. The van der Waals surface area contributed by atoms with Gasteiger partial charge in [-0.25, -0.2) is 0 Å². The number of likely N-dealkylation sites (N-methyl/N-ethyl adjacent to an activating group) is 1. The Morgan fingerprint density at radius 3 is 2.27 bits per heavy atom. The van der Waals surface area contributed by atoms with Gasteiger partial charge < -0.3 is 20.3 Å². The smallest absolute Gasteiger partial charge is 0.243 e. The molecule has 8 heteroatoms. The van der Waals surface area contributed by atoms with E-state index >= 15 is 0 Å². The lowest BCUT2D eigenvalue weighted by Crippen LogP contribution is -2.56. The van der Waals surface area contributed by atoms with Gasteiger partial charge in [-0.3, -0.25) is 14.4 Å². The van der Waals surface area contributed by atoms with Gasteiger partial charge >= 0.3 is 0 Å². The van der Waals surface area contributed by atoms with Gasteiger partial charge in [0.2, 0.25) is 11.8 Å². The highest BCUT2D eigenvalue weighted by atomic mass is 35.5. The Balaban J connectivity index is 2.03. The maximum absolute atomic E-state index is 13.6. The standard InChI is InChI=1S/C33H48ClN3O4/c1-8-10-13-27-14-11-12-15-30(27)41-23(4)21-35-31(22(3)9-2)33(40)37(7)24(5)32(39)36-29(25(6)38)20-26-16-18-28(34)19-17-26/h11-12,14-19,22-24,29,31,35H,8-10,13,20-21H2,1-7H3,(H,36,39)/t22?,23-,24-,29-,31+/m1/s1. The second-order valence-electron chi connectivity index (χ2n) is 11.0. The van der Waals surface area contributed by atoms with E-state index in [2.05, 4.69) is 23.6 Å². The van der Waals surface area contributed by atoms with Crippen LogP contribution in [-0.2, 0) is 27.2 Å². The summed E-state index contributed by atoms with van der Waals surface area (Å²) in [7, 11) is 1.63. The van der Waals surface area contributed by atoms with Crippen LogP contribution in [0.5, 0.6) is 5.75 Å². The maximum atomic E-state index is 13.6. The Bertz CT molecular complexity index is 1120. The zero-order chi connectivity index (χ0) is 30.5. The summed E-state index contributed by atoms with van der Waals surface area (Å²) < 4.78 is 6.26. The zero-order valence-corrected chi connectivity index (χ0v) is 26.5. The number of nitrogens with one attached hydrogen (secondary N) is 2. The third-order valence-corrected chi connectivity index (χ3v) is 7.92. The fourth-order valence-electron chi connectivity index (χ4n) is 4.54. The first kappa shape index (κ1) is 34.3. The molecule has 2 N–H and O–H groups in total. The van der Waals surface area contributed by atoms with Crippen LogP contribution >= 0.6 is 11.6 Å². The highest BCUT2D eigenvalue weighted by Crippen LogP contribution is 2.22. The second-order valence-corrected chi connectivity index (χ2v) is 11.5. The molecule has 0 aliphatic carbocycles. The van der Waals surface area contributed by atoms with Crippen molar-refractivity contribution in [1.82, 2.24) is 15.5 Å². The number of halogens is 1. The average molecular weight is 586 g/mol. The number of hydrogen-bond acceptors (Lipinski definition) is 5. The summed E-state index contributed by atoms with van der Waals surface area (Å²) in [6.07, 6.45) is 4.16. The third-order valence-electron chi connectivity index (χ3n) is 7.67. The summed E-state index contributed by atoms with van der Waals surface area (Å²) in [5.74, 6) is 0.216. The van der Waals surface area contributed by atoms with Crippen molar-refractivity contribution in [3.05, 3.63) is 64.7 Å². The number of Topliss-reactive ketones (excluding diaryl/α,β-unsaturated/α-hetero) is 1. The number of amides is 2. The van der Waals surface area contributed by atoms with E-state index < -0.39 is 18.1 Å². The SMILES string of the molecule is CCCCc1ccccc1O[C@H](C)CN[C@H](C(=O)N(C)[C@H](C)C(=O)N[C@H](Cc1ccc(Cl)cc1)C(C)=O)C(C)CC. The Labute approximate surface area is 251 Å². The Morgan fingerprint density at radius 1 is 1.00 bits per heavy atom. The highest BCUT2D eigenvalue weighted by Gasteiger charge is 2.32. The first-order valence-corrected chi connectivity index (χ1v) is 15.2. The Kier molecular flexibility index (Phi) is 14.3. The summed E-state index contributed by atoms with van der Waals surface area (Å²) in [5, 5.41) is 6.85. The molecular formula is C33H48ClN3O4. The zero-order valence-electron chi connectivity index (χ0n) is 25.7. The van der Waals surface area contributed by atoms with Crippen molar-refractivity contribution in [2.24, 2.45) is 5.92 Å². The van der Waals surface area contributed by atoms with Crippen molar-refractivity contribution in [1.29, 1.82) is 0 Å². The number of carbonyl (C=O) groups is 3. The topological polar surface area (TPSA) is 87.7 Å². The molecule has 0 aromatic heterocycles. The number of unbranched alkanes of at least 4 members (excludes halogenated alkanes) is 1. The highest BCUT2D eigenvalue weighted by molar-refractivity contribution is 6.30. The van der Waals surface area contributed by atoms with E-state index in [1.807, 2.05) is 51.1 Å². The molecule has 0 heterocycles. The van der Waals surface area contributed by atoms with Crippen LogP contribution in [0, 0.1) is 5.92 Å². The summed E-state index contributed by atoms with van der Waals surface area (Å²) >= 11 is 5.97. The molecule has 0 aliphatic rings. The number of aryl methyl sites for hydroxylation is 1. The Hall–Kier alpha value is -2.90. The molecule has 7 nitrogen and oxygen atoms in total. The van der Waals surface area contributed by atoms with Gasteiger partial charge in [0.05, 0.1) is 12.1 Å². The van der Waals surface area contributed by atoms with Gasteiger partial charge in [0, 0.05) is 18.6 Å². The summed E-state index contributed by atoms with van der Waals surface area (Å²) in [6, 6.07) is 13.3. The van der Waals surface area contributed by atoms with Crippen LogP contribution in [-0.4, -0.2) is 60.3 Å². The first-order valence-electron chi connectivity index (χ1n) is 14.8. The van der Waals surface area contributed by atoms with Crippen LogP contribution in [0.4, 0.5) is 0 Å². The first-order chi connectivity index (χ1) is 19.5. The number of ketones is 1. The van der Waals surface area contributed by atoms with Crippen LogP contribution < -0.4 is 15.4 Å². The van der Waals surface area contributed by atoms with E-state index in [0.717, 1.165) is 37.0 Å². The number of nitrogens with zero attached hydrogens (tertiary/aromatic N) is 1. The average Bonchev–Trinajstić information content (AvgIpc) is 2.96. The van der Waals surface area contributed by atoms with Crippen molar-refractivity contribution in [3.63, 3.8) is 0 Å². The van der Waals surface area contributed by atoms with Crippen LogP contribution in [0.25, 0.3) is 0 Å². The number of carbonyl (C=O) groups excluding carboxylic acids is 3. The molecule has 0 spiro atoms. The molecule has 2 aromatic carbocycles. The van der Waals surface area contributed by atoms with E-state index in [-0.39, 0.29) is 29.6 Å². The van der Waals surface area contributed by atoms with Crippen LogP contribution in [0.2, 0.25) is 5.02 Å². The molecule has 0 saturated heterocycles. The molecule has 5 atom stereocenters. The third kappa shape index (κ3) is 10.8. The van der Waals surface area contributed by atoms with E-state index in [4.69, 9.17) is 16.3 Å². The molecule has 0 fully saturated rings. The van der Waals surface area contributed by atoms with Crippen LogP contribution in [0.1, 0.15) is 71.9 Å². The predicted molar refractivity (Wildman–Crippen MR) is 166 cm³/mol. The number of para-hydroxylation sites is 1. The number of rotatable bonds is 17. The molecule has 2 aromatic rings. The summed E-state index contributed by atoms with van der Waals surface area (Å²) in [4.78, 5) is 40.6. The Morgan fingerprint density at radius 2 is 1.66 bits per heavy atom. The van der Waals surface area contributed by atoms with Crippen LogP contribution in [0.3, 0.4) is 0 Å². The van der Waals surface area contributed by atoms with Gasteiger partial charge in [-0.1, -0.05) is 75.5 Å². The summed E-state index contributed by atoms with van der Waals surface area (Å²) in [6.45, 7) is 11.8. The van der Waals surface area contributed by atoms with E-state index in [1.165, 1.54) is 17.4 Å². The van der Waals surface area contributed by atoms with Gasteiger partial charge in [-0.2, -0.15) is 0 Å². The molecule has 1 unspecified atom stereocenters. The van der Waals surface area contributed by atoms with E-state index in [1.54, 1.807) is 26.1 Å². The minimum absolute atomic E-state index is 0.0409. The van der Waals surface area contributed by atoms with Gasteiger partial charge in [0.25, 0.3) is 0 Å². The number of benzene rings is 2. The lowest BCUT2D eigenvalue weighted by atomic mass is 9.97. The molecule has 0 bridgehead atoms. The molecule has 0 aliphatic heterocycles. The van der Waals surface area contributed by atoms with Crippen LogP contribution in [0.15, 0.2) is 48.5 Å². The molecule has 2 rings (SSSR count). The summed E-state index contributed by atoms with van der Waals surface area (Å²) in [5.41, 5.74) is 2.08. The van der Waals surface area contributed by atoms with E-state index in [9.17, 15) is 14.4 Å². The predicted octanol–water partition coefficient (Wildman–Crippen LogP) is 5.62. The lowest BCUT2D eigenvalue weighted by Gasteiger charge is -2.32. The van der Waals surface area contributed by atoms with E-state index in [0.29, 0.717) is 18.0 Å². The minimum Gasteiger partial charge on any atom is -0.489 e. The fourth-order valence-corrected chi connectivity index (χ4v) is 4.67. The van der Waals surface area contributed by atoms with Gasteiger partial charge in [0.1, 0.15) is 17.9 Å². The largest absolute Gasteiger partial charge is 0.489 e. The molecule has 2 amide bonds.